The van der Waals surface area contributed by atoms with Gasteiger partial charge in [-0.05, 0) is 43.4 Å². The molecule has 0 heterocycles. The van der Waals surface area contributed by atoms with Crippen molar-refractivity contribution >= 4 is 27.7 Å². The van der Waals surface area contributed by atoms with Gasteiger partial charge in [0.1, 0.15) is 0 Å². The molecule has 0 spiro atoms. The Bertz CT molecular complexity index is 639. The molecule has 1 aliphatic rings. The van der Waals surface area contributed by atoms with Gasteiger partial charge >= 0.3 is 0 Å². The Kier molecular flexibility index (Phi) is 5.08. The fourth-order valence-corrected chi connectivity index (χ4v) is 3.98. The molecule has 2 atom stereocenters. The summed E-state index contributed by atoms with van der Waals surface area (Å²) >= 11 is 1.54. The smallest absolute Gasteiger partial charge is 0.240 e. The van der Waals surface area contributed by atoms with E-state index in [1.165, 1.54) is 0 Å². The van der Waals surface area contributed by atoms with Crippen LogP contribution in [0.1, 0.15) is 12.8 Å². The first-order chi connectivity index (χ1) is 9.94. The van der Waals surface area contributed by atoms with E-state index in [0.29, 0.717) is 12.8 Å². The number of allylic oxidation sites excluding steroid dienone is 1. The Morgan fingerprint density at radius 2 is 1.86 bits per heavy atom. The molecular weight excluding hydrogens is 308 g/mol. The molecule has 0 bridgehead atoms. The lowest BCUT2D eigenvalue weighted by atomic mass is 9.89. The number of benzene rings is 1. The quantitative estimate of drug-likeness (QED) is 0.634. The largest absolute Gasteiger partial charge is 0.369 e. The van der Waals surface area contributed by atoms with Gasteiger partial charge in [0.05, 0.1) is 10.8 Å². The number of thioether (sulfide) groups is 1. The van der Waals surface area contributed by atoms with Crippen molar-refractivity contribution in [3.8, 4) is 0 Å². The molecule has 0 unspecified atom stereocenters. The third kappa shape index (κ3) is 3.87. The molecule has 1 amide bonds. The van der Waals surface area contributed by atoms with E-state index in [2.05, 4.69) is 4.72 Å². The second kappa shape index (κ2) is 6.64. The molecule has 1 aromatic rings. The molecule has 3 N–H and O–H groups in total. The van der Waals surface area contributed by atoms with Crippen molar-refractivity contribution in [3.05, 3.63) is 36.4 Å². The maximum Gasteiger partial charge on any atom is 0.240 e. The Balaban J connectivity index is 2.19. The number of primary amides is 1. The molecule has 0 fully saturated rings. The van der Waals surface area contributed by atoms with Crippen LogP contribution in [0.5, 0.6) is 0 Å². The number of carbonyl (C=O) groups is 1. The molecule has 1 aliphatic carbocycles. The van der Waals surface area contributed by atoms with Crippen LogP contribution in [-0.4, -0.2) is 26.6 Å². The highest BCUT2D eigenvalue weighted by atomic mass is 32.2. The maximum atomic E-state index is 12.4. The molecular formula is C14H18N2O3S2. The minimum absolute atomic E-state index is 0.193. The molecule has 0 aromatic heterocycles. The summed E-state index contributed by atoms with van der Waals surface area (Å²) in [7, 11) is -3.65. The highest BCUT2D eigenvalue weighted by Crippen LogP contribution is 2.22. The number of amides is 1. The first-order valence-electron chi connectivity index (χ1n) is 6.55. The second-order valence-corrected chi connectivity index (χ2v) is 7.45. The average Bonchev–Trinajstić information content (AvgIpc) is 2.47. The topological polar surface area (TPSA) is 89.3 Å². The van der Waals surface area contributed by atoms with Crippen LogP contribution >= 0.6 is 11.8 Å². The first-order valence-corrected chi connectivity index (χ1v) is 9.25. The number of sulfonamides is 1. The zero-order valence-electron chi connectivity index (χ0n) is 11.7. The van der Waals surface area contributed by atoms with Crippen LogP contribution in [0.4, 0.5) is 0 Å². The number of carbonyl (C=O) groups excluding carboxylic acids is 1. The second-order valence-electron chi connectivity index (χ2n) is 4.85. The first kappa shape index (κ1) is 16.1. The predicted molar refractivity (Wildman–Crippen MR) is 83.4 cm³/mol. The highest BCUT2D eigenvalue weighted by Gasteiger charge is 2.31. The number of rotatable bonds is 5. The average molecular weight is 326 g/mol. The lowest BCUT2D eigenvalue weighted by Gasteiger charge is -2.26. The lowest BCUT2D eigenvalue weighted by molar-refractivity contribution is -0.122. The van der Waals surface area contributed by atoms with Gasteiger partial charge in [-0.1, -0.05) is 12.2 Å². The number of nitrogens with two attached hydrogens (primary N) is 1. The molecule has 114 valence electrons. The van der Waals surface area contributed by atoms with Crippen LogP contribution in [0.2, 0.25) is 0 Å². The molecule has 7 heteroatoms. The van der Waals surface area contributed by atoms with Gasteiger partial charge in [-0.25, -0.2) is 13.1 Å². The summed E-state index contributed by atoms with van der Waals surface area (Å²) < 4.78 is 27.3. The van der Waals surface area contributed by atoms with Gasteiger partial charge in [-0.2, -0.15) is 0 Å². The fourth-order valence-electron chi connectivity index (χ4n) is 2.28. The molecule has 2 rings (SSSR count). The number of hydrogen-bond donors (Lipinski definition) is 2. The fraction of sp³-hybridized carbons (Fsp3) is 0.357. The third-order valence-corrected chi connectivity index (χ3v) is 5.72. The Hall–Kier alpha value is -1.31. The van der Waals surface area contributed by atoms with Gasteiger partial charge in [0.25, 0.3) is 0 Å². The van der Waals surface area contributed by atoms with E-state index in [4.69, 9.17) is 5.73 Å². The Morgan fingerprint density at radius 3 is 2.43 bits per heavy atom. The molecule has 0 saturated heterocycles. The van der Waals surface area contributed by atoms with Crippen LogP contribution in [0.3, 0.4) is 0 Å². The van der Waals surface area contributed by atoms with Gasteiger partial charge in [-0.15, -0.1) is 11.8 Å². The molecule has 5 nitrogen and oxygen atoms in total. The molecule has 21 heavy (non-hydrogen) atoms. The van der Waals surface area contributed by atoms with Crippen LogP contribution in [-0.2, 0) is 14.8 Å². The van der Waals surface area contributed by atoms with Crippen molar-refractivity contribution in [2.24, 2.45) is 11.7 Å². The van der Waals surface area contributed by atoms with Gasteiger partial charge < -0.3 is 5.73 Å². The van der Waals surface area contributed by atoms with Gasteiger partial charge in [0, 0.05) is 10.9 Å². The summed E-state index contributed by atoms with van der Waals surface area (Å²) in [6.45, 7) is 0. The van der Waals surface area contributed by atoms with Crippen molar-refractivity contribution in [3.63, 3.8) is 0 Å². The molecule has 1 aromatic carbocycles. The summed E-state index contributed by atoms with van der Waals surface area (Å²) in [4.78, 5) is 12.6. The van der Waals surface area contributed by atoms with Crippen LogP contribution < -0.4 is 10.5 Å². The van der Waals surface area contributed by atoms with E-state index in [1.807, 2.05) is 18.4 Å². The maximum absolute atomic E-state index is 12.4. The van der Waals surface area contributed by atoms with Crippen LogP contribution in [0, 0.1) is 5.92 Å². The predicted octanol–water partition coefficient (Wildman–Crippen LogP) is 1.51. The number of hydrogen-bond acceptors (Lipinski definition) is 4. The van der Waals surface area contributed by atoms with Gasteiger partial charge in [0.2, 0.25) is 15.9 Å². The molecule has 0 aliphatic heterocycles. The Morgan fingerprint density at radius 1 is 1.24 bits per heavy atom. The summed E-state index contributed by atoms with van der Waals surface area (Å²) in [6.07, 6.45) is 6.58. The van der Waals surface area contributed by atoms with Crippen molar-refractivity contribution in [2.75, 3.05) is 6.26 Å². The zero-order valence-corrected chi connectivity index (χ0v) is 13.3. The van der Waals surface area contributed by atoms with Crippen molar-refractivity contribution in [1.29, 1.82) is 0 Å². The molecule has 0 radical (unpaired) electrons. The summed E-state index contributed by atoms with van der Waals surface area (Å²) in [5.41, 5.74) is 5.34. The standard InChI is InChI=1S/C14H18N2O3S2/c1-20-10-6-8-11(9-7-10)21(18,19)16-13-5-3-2-4-12(13)14(15)17/h2-3,6-9,12-13,16H,4-5H2,1H3,(H2,15,17)/t12-,13-/m1/s1. The van der Waals surface area contributed by atoms with Crippen molar-refractivity contribution < 1.29 is 13.2 Å². The van der Waals surface area contributed by atoms with Gasteiger partial charge in [0.15, 0.2) is 0 Å². The Labute approximate surface area is 129 Å². The van der Waals surface area contributed by atoms with E-state index in [-0.39, 0.29) is 4.90 Å². The lowest BCUT2D eigenvalue weighted by Crippen LogP contribution is -2.46. The summed E-state index contributed by atoms with van der Waals surface area (Å²) in [5, 5.41) is 0. The van der Waals surface area contributed by atoms with Crippen molar-refractivity contribution in [2.45, 2.75) is 28.7 Å². The van der Waals surface area contributed by atoms with Crippen LogP contribution in [0.25, 0.3) is 0 Å². The third-order valence-electron chi connectivity index (χ3n) is 3.47. The van der Waals surface area contributed by atoms with Crippen LogP contribution in [0.15, 0.2) is 46.2 Å². The van der Waals surface area contributed by atoms with E-state index in [9.17, 15) is 13.2 Å². The SMILES string of the molecule is CSc1ccc(S(=O)(=O)N[C@@H]2CC=CC[C@H]2C(N)=O)cc1. The number of nitrogens with one attached hydrogen (secondary N) is 1. The van der Waals surface area contributed by atoms with Crippen molar-refractivity contribution in [1.82, 2.24) is 4.72 Å². The minimum Gasteiger partial charge on any atom is -0.369 e. The van der Waals surface area contributed by atoms with E-state index in [1.54, 1.807) is 36.0 Å². The minimum atomic E-state index is -3.65. The van der Waals surface area contributed by atoms with Gasteiger partial charge in [-0.3, -0.25) is 4.79 Å². The monoisotopic (exact) mass is 326 g/mol. The van der Waals surface area contributed by atoms with E-state index < -0.39 is 27.9 Å². The van der Waals surface area contributed by atoms with E-state index in [0.717, 1.165) is 4.90 Å². The highest BCUT2D eigenvalue weighted by molar-refractivity contribution is 7.98. The van der Waals surface area contributed by atoms with E-state index >= 15 is 0 Å². The summed E-state index contributed by atoms with van der Waals surface area (Å²) in [5.74, 6) is -0.986. The normalized spacial score (nSPS) is 22.1. The molecule has 0 saturated carbocycles. The summed E-state index contributed by atoms with van der Waals surface area (Å²) in [6, 6.07) is 6.15. The zero-order chi connectivity index (χ0) is 15.5.